The van der Waals surface area contributed by atoms with Gasteiger partial charge in [-0.05, 0) is 25.3 Å². The monoisotopic (exact) mass is 376 g/mol. The second-order valence-electron chi connectivity index (χ2n) is 6.32. The van der Waals surface area contributed by atoms with Gasteiger partial charge in [-0.3, -0.25) is 9.59 Å². The summed E-state index contributed by atoms with van der Waals surface area (Å²) in [7, 11) is 4.60. The van der Waals surface area contributed by atoms with Crippen molar-refractivity contribution in [3.63, 3.8) is 0 Å². The van der Waals surface area contributed by atoms with Crippen molar-refractivity contribution in [2.75, 3.05) is 34.5 Å². The first-order valence-corrected chi connectivity index (χ1v) is 8.93. The summed E-state index contributed by atoms with van der Waals surface area (Å²) in [6, 6.07) is 3.43. The van der Waals surface area contributed by atoms with Crippen molar-refractivity contribution in [2.24, 2.45) is 5.92 Å². The fraction of sp³-hybridized carbons (Fsp3) is 0.500. The number of carbonyl (C=O) groups excluding carboxylic acids is 2. The van der Waals surface area contributed by atoms with E-state index < -0.39 is 17.8 Å². The molecule has 0 amide bonds. The lowest BCUT2D eigenvalue weighted by Crippen LogP contribution is -2.28. The smallest absolute Gasteiger partial charge is 0.317 e. The number of carbonyl (C=O) groups is 2. The summed E-state index contributed by atoms with van der Waals surface area (Å²) < 4.78 is 27.3. The Morgan fingerprint density at radius 2 is 1.81 bits per heavy atom. The molecule has 1 heterocycles. The van der Waals surface area contributed by atoms with Crippen molar-refractivity contribution in [3.8, 4) is 17.2 Å². The molecule has 0 bridgehead atoms. The third-order valence-electron chi connectivity index (χ3n) is 4.95. The maximum absolute atomic E-state index is 13.0. The summed E-state index contributed by atoms with van der Waals surface area (Å²) in [5.41, 5.74) is 1.42. The molecule has 0 radical (unpaired) electrons. The molecule has 7 heteroatoms. The molecule has 2 aliphatic rings. The summed E-state index contributed by atoms with van der Waals surface area (Å²) >= 11 is 0. The van der Waals surface area contributed by atoms with Crippen LogP contribution in [-0.4, -0.2) is 46.3 Å². The second kappa shape index (κ2) is 7.90. The first-order valence-electron chi connectivity index (χ1n) is 8.93. The molecule has 1 aromatic carbocycles. The van der Waals surface area contributed by atoms with Crippen LogP contribution in [0.4, 0.5) is 0 Å². The molecule has 2 atom stereocenters. The topological polar surface area (TPSA) is 80.3 Å². The molecule has 0 saturated carbocycles. The van der Waals surface area contributed by atoms with Gasteiger partial charge in [0.05, 0.1) is 34.5 Å². The molecular weight excluding hydrogens is 352 g/mol. The largest absolute Gasteiger partial charge is 0.496 e. The van der Waals surface area contributed by atoms with Crippen LogP contribution in [0.3, 0.4) is 0 Å². The Hall–Kier alpha value is -2.70. The molecular formula is C20H24O7. The molecule has 7 nitrogen and oxygen atoms in total. The third kappa shape index (κ3) is 3.22. The Kier molecular flexibility index (Phi) is 5.58. The van der Waals surface area contributed by atoms with Crippen molar-refractivity contribution >= 4 is 11.8 Å². The van der Waals surface area contributed by atoms with E-state index in [2.05, 4.69) is 0 Å². The fourth-order valence-corrected chi connectivity index (χ4v) is 3.82. The Morgan fingerprint density at radius 1 is 1.15 bits per heavy atom. The van der Waals surface area contributed by atoms with Gasteiger partial charge in [-0.15, -0.1) is 0 Å². The number of hydrogen-bond acceptors (Lipinski definition) is 7. The molecule has 0 saturated heterocycles. The van der Waals surface area contributed by atoms with Crippen molar-refractivity contribution in [3.05, 3.63) is 29.0 Å². The predicted octanol–water partition coefficient (Wildman–Crippen LogP) is 2.62. The highest BCUT2D eigenvalue weighted by molar-refractivity contribution is 6.11. The van der Waals surface area contributed by atoms with Gasteiger partial charge in [0.25, 0.3) is 0 Å². The van der Waals surface area contributed by atoms with Gasteiger partial charge < -0.3 is 23.7 Å². The van der Waals surface area contributed by atoms with E-state index in [0.717, 1.165) is 12.0 Å². The van der Waals surface area contributed by atoms with Gasteiger partial charge in [0.15, 0.2) is 5.76 Å². The van der Waals surface area contributed by atoms with E-state index in [1.54, 1.807) is 26.2 Å². The molecule has 0 fully saturated rings. The average molecular weight is 376 g/mol. The maximum atomic E-state index is 13.0. The summed E-state index contributed by atoms with van der Waals surface area (Å²) in [6.07, 6.45) is 1.44. The Labute approximate surface area is 158 Å². The van der Waals surface area contributed by atoms with Crippen LogP contribution < -0.4 is 14.2 Å². The minimum atomic E-state index is -1.01. The van der Waals surface area contributed by atoms with Crippen molar-refractivity contribution in [1.82, 2.24) is 0 Å². The van der Waals surface area contributed by atoms with E-state index in [0.29, 0.717) is 35.8 Å². The Morgan fingerprint density at radius 3 is 2.37 bits per heavy atom. The number of benzene rings is 1. The van der Waals surface area contributed by atoms with Crippen LogP contribution in [0.15, 0.2) is 23.5 Å². The first-order chi connectivity index (χ1) is 13.1. The van der Waals surface area contributed by atoms with Gasteiger partial charge in [-0.2, -0.15) is 0 Å². The number of Topliss-reactive ketones (excluding diaryl/α,β-unsaturated/α-hetero) is 1. The normalized spacial score (nSPS) is 21.4. The second-order valence-corrected chi connectivity index (χ2v) is 6.32. The minimum Gasteiger partial charge on any atom is -0.496 e. The quantitative estimate of drug-likeness (QED) is 0.558. The van der Waals surface area contributed by atoms with E-state index >= 15 is 0 Å². The lowest BCUT2D eigenvalue weighted by molar-refractivity contribution is -0.151. The fourth-order valence-electron chi connectivity index (χ4n) is 3.82. The number of rotatable bonds is 6. The molecule has 0 aromatic heterocycles. The lowest BCUT2D eigenvalue weighted by Gasteiger charge is -2.25. The number of ether oxygens (including phenoxy) is 5. The molecule has 146 valence electrons. The number of esters is 1. The minimum absolute atomic E-state index is 0.192. The van der Waals surface area contributed by atoms with Crippen LogP contribution in [0.5, 0.6) is 17.2 Å². The molecule has 1 aliphatic carbocycles. The van der Waals surface area contributed by atoms with Gasteiger partial charge in [0, 0.05) is 23.6 Å². The standard InChI is InChI=1S/C20H24O7/c1-5-26-20(22)17-15(12-7-6-8-27-19(12)18(17)21)16-13(24-3)9-11(23-2)10-14(16)25-4/h9-10,15,17H,5-8H2,1-4H3/t15-,17-/m0/s1. The highest BCUT2D eigenvalue weighted by atomic mass is 16.5. The number of hydrogen-bond donors (Lipinski definition) is 0. The molecule has 3 rings (SSSR count). The van der Waals surface area contributed by atoms with Gasteiger partial charge >= 0.3 is 5.97 Å². The van der Waals surface area contributed by atoms with Crippen LogP contribution in [0.1, 0.15) is 31.2 Å². The highest BCUT2D eigenvalue weighted by Crippen LogP contribution is 2.52. The zero-order valence-electron chi connectivity index (χ0n) is 16.0. The van der Waals surface area contributed by atoms with Crippen molar-refractivity contribution in [2.45, 2.75) is 25.7 Å². The predicted molar refractivity (Wildman–Crippen MR) is 96.2 cm³/mol. The van der Waals surface area contributed by atoms with Gasteiger partial charge in [0.2, 0.25) is 5.78 Å². The highest BCUT2D eigenvalue weighted by Gasteiger charge is 2.51. The molecule has 1 aliphatic heterocycles. The van der Waals surface area contributed by atoms with Crippen LogP contribution in [0.25, 0.3) is 0 Å². The van der Waals surface area contributed by atoms with Crippen LogP contribution in [0, 0.1) is 5.92 Å². The zero-order chi connectivity index (χ0) is 19.6. The number of allylic oxidation sites excluding steroid dienone is 2. The summed E-state index contributed by atoms with van der Waals surface area (Å²) in [4.78, 5) is 25.6. The average Bonchev–Trinajstić information content (AvgIpc) is 2.99. The van der Waals surface area contributed by atoms with E-state index in [9.17, 15) is 9.59 Å². The third-order valence-corrected chi connectivity index (χ3v) is 4.95. The van der Waals surface area contributed by atoms with Crippen LogP contribution >= 0.6 is 0 Å². The van der Waals surface area contributed by atoms with E-state index in [-0.39, 0.29) is 18.1 Å². The molecule has 1 aromatic rings. The van der Waals surface area contributed by atoms with Gasteiger partial charge in [-0.1, -0.05) is 0 Å². The van der Waals surface area contributed by atoms with E-state index in [1.165, 1.54) is 14.2 Å². The Bertz CT molecular complexity index is 756. The van der Waals surface area contributed by atoms with E-state index in [4.69, 9.17) is 23.7 Å². The van der Waals surface area contributed by atoms with Crippen molar-refractivity contribution < 1.29 is 33.3 Å². The van der Waals surface area contributed by atoms with Crippen LogP contribution in [0.2, 0.25) is 0 Å². The van der Waals surface area contributed by atoms with E-state index in [1.807, 2.05) is 0 Å². The summed E-state index contributed by atoms with van der Waals surface area (Å²) in [5.74, 6) is -0.663. The number of methoxy groups -OCH3 is 3. The Balaban J connectivity index is 2.20. The van der Waals surface area contributed by atoms with Crippen LogP contribution in [-0.2, 0) is 19.1 Å². The van der Waals surface area contributed by atoms with Gasteiger partial charge in [-0.25, -0.2) is 0 Å². The van der Waals surface area contributed by atoms with Crippen molar-refractivity contribution in [1.29, 1.82) is 0 Å². The molecule has 27 heavy (non-hydrogen) atoms. The zero-order valence-corrected chi connectivity index (χ0v) is 16.0. The number of ketones is 1. The molecule has 0 N–H and O–H groups in total. The molecule has 0 spiro atoms. The summed E-state index contributed by atoms with van der Waals surface area (Å²) in [5, 5.41) is 0. The first kappa shape index (κ1) is 19.1. The van der Waals surface area contributed by atoms with Gasteiger partial charge in [0.1, 0.15) is 23.2 Å². The lowest BCUT2D eigenvalue weighted by atomic mass is 9.81. The molecule has 0 unspecified atom stereocenters. The summed E-state index contributed by atoms with van der Waals surface area (Å²) in [6.45, 7) is 2.37. The maximum Gasteiger partial charge on any atom is 0.317 e. The SMILES string of the molecule is CCOC(=O)[C@@H]1C(=O)C2=C(CCCO2)[C@H]1c1c(OC)cc(OC)cc1OC.